The number of ether oxygens (including phenoxy) is 7. The number of nitrogens with one attached hydrogen (secondary N) is 4. The summed E-state index contributed by atoms with van der Waals surface area (Å²) in [6.07, 6.45) is -1.76. The van der Waals surface area contributed by atoms with E-state index in [-0.39, 0.29) is 38.2 Å². The van der Waals surface area contributed by atoms with Crippen LogP contribution in [-0.2, 0) is 42.7 Å². The predicted octanol–water partition coefficient (Wildman–Crippen LogP) is 3.45. The van der Waals surface area contributed by atoms with E-state index in [2.05, 4.69) is 31.3 Å². The van der Waals surface area contributed by atoms with Gasteiger partial charge in [0.05, 0.1) is 25.3 Å². The molecule has 2 aliphatic rings. The zero-order chi connectivity index (χ0) is 40.4. The number of esters is 2. The SMILES string of the molecule is CC(C)(C)OC(=O)NC(=NCCOC(=O)[C@@H]1C2C=CC(O2)[C@@H]1C(=O)OCCN=C(NC(=O)OC(C)(C)C)NC(=O)OC(C)(C)C)NC(=O)OC(C)(C)C. The summed E-state index contributed by atoms with van der Waals surface area (Å²) in [7, 11) is 0. The van der Waals surface area contributed by atoms with Gasteiger partial charge in [0.25, 0.3) is 0 Å². The van der Waals surface area contributed by atoms with Crippen LogP contribution >= 0.6 is 0 Å². The molecule has 53 heavy (non-hydrogen) atoms. The minimum absolute atomic E-state index is 0.200. The first-order valence-electron chi connectivity index (χ1n) is 17.0. The van der Waals surface area contributed by atoms with Crippen molar-refractivity contribution in [2.75, 3.05) is 26.3 Å². The van der Waals surface area contributed by atoms with Crippen LogP contribution in [0.4, 0.5) is 19.2 Å². The summed E-state index contributed by atoms with van der Waals surface area (Å²) in [4.78, 5) is 83.9. The zero-order valence-corrected chi connectivity index (χ0v) is 32.5. The molecule has 0 aromatic carbocycles. The van der Waals surface area contributed by atoms with E-state index in [1.807, 2.05) is 0 Å². The monoisotopic (exact) mass is 754 g/mol. The number of rotatable bonds is 8. The fourth-order valence-corrected chi connectivity index (χ4v) is 4.49. The van der Waals surface area contributed by atoms with Gasteiger partial charge in [0.1, 0.15) is 47.5 Å². The lowest BCUT2D eigenvalue weighted by Gasteiger charge is -2.23. The van der Waals surface area contributed by atoms with Crippen LogP contribution < -0.4 is 21.3 Å². The molecule has 2 rings (SSSR count). The van der Waals surface area contributed by atoms with E-state index in [0.717, 1.165) is 0 Å². The van der Waals surface area contributed by atoms with Gasteiger partial charge in [-0.15, -0.1) is 0 Å². The van der Waals surface area contributed by atoms with Gasteiger partial charge in [-0.2, -0.15) is 0 Å². The molecule has 19 nitrogen and oxygen atoms in total. The Bertz CT molecular complexity index is 1280. The van der Waals surface area contributed by atoms with Crippen molar-refractivity contribution in [3.8, 4) is 0 Å². The van der Waals surface area contributed by atoms with Gasteiger partial charge in [-0.1, -0.05) is 12.2 Å². The standard InChI is InChI=1S/C34H54N6O13/c1-31(2,3)50-27(43)37-25(38-28(44)51-32(4,5)6)35-15-17-47-23(41)21-19-13-14-20(49-19)22(21)24(42)48-18-16-36-26(39-29(45)52-33(7,8)9)40-30(46)53-34(10,11)12/h13-14,19-22H,15-18H2,1-12H3,(H2,35,37,38,43,44)(H2,36,39,40,45,46)/t19?,20?,21-,22+. The fraction of sp³-hybridized carbons (Fsp3) is 0.706. The molecule has 2 unspecified atom stereocenters. The molecule has 0 aromatic heterocycles. The number of fused-ring (bicyclic) bond motifs is 2. The summed E-state index contributed by atoms with van der Waals surface area (Å²) in [5.41, 5.74) is -3.33. The Labute approximate surface area is 309 Å². The molecule has 2 aliphatic heterocycles. The van der Waals surface area contributed by atoms with Crippen molar-refractivity contribution in [1.29, 1.82) is 0 Å². The summed E-state index contributed by atoms with van der Waals surface area (Å²) in [5, 5.41) is 9.31. The van der Waals surface area contributed by atoms with Crippen LogP contribution in [-0.4, -0.2) is 109 Å². The molecule has 0 saturated carbocycles. The molecule has 1 saturated heterocycles. The molecule has 0 aliphatic carbocycles. The highest BCUT2D eigenvalue weighted by atomic mass is 16.6. The van der Waals surface area contributed by atoms with Gasteiger partial charge < -0.3 is 33.2 Å². The summed E-state index contributed by atoms with van der Waals surface area (Å²) in [6.45, 7) is 18.9. The van der Waals surface area contributed by atoms with Gasteiger partial charge in [0.2, 0.25) is 11.9 Å². The third-order valence-electron chi connectivity index (χ3n) is 6.13. The maximum atomic E-state index is 13.2. The van der Waals surface area contributed by atoms with E-state index in [9.17, 15) is 28.8 Å². The first-order valence-corrected chi connectivity index (χ1v) is 17.0. The first-order chi connectivity index (χ1) is 24.2. The van der Waals surface area contributed by atoms with E-state index >= 15 is 0 Å². The molecule has 2 bridgehead atoms. The molecule has 0 spiro atoms. The van der Waals surface area contributed by atoms with Gasteiger partial charge in [-0.3, -0.25) is 30.9 Å². The number of aliphatic imine (C=N–C) groups is 2. The topological polar surface area (TPSA) is 240 Å². The molecular weight excluding hydrogens is 700 g/mol. The first kappa shape index (κ1) is 44.2. The average Bonchev–Trinajstić information content (AvgIpc) is 3.55. The normalized spacial score (nSPS) is 19.2. The van der Waals surface area contributed by atoms with E-state index in [1.165, 1.54) is 0 Å². The van der Waals surface area contributed by atoms with Crippen LogP contribution in [0, 0.1) is 11.8 Å². The van der Waals surface area contributed by atoms with Crippen molar-refractivity contribution in [2.45, 2.75) is 118 Å². The van der Waals surface area contributed by atoms with E-state index in [0.29, 0.717) is 0 Å². The van der Waals surface area contributed by atoms with Crippen molar-refractivity contribution in [3.05, 3.63) is 12.2 Å². The third kappa shape index (κ3) is 17.4. The number of amides is 4. The van der Waals surface area contributed by atoms with E-state index in [4.69, 9.17) is 33.2 Å². The van der Waals surface area contributed by atoms with Gasteiger partial charge in [0.15, 0.2) is 0 Å². The van der Waals surface area contributed by atoms with Crippen LogP contribution in [0.5, 0.6) is 0 Å². The quantitative estimate of drug-likeness (QED) is 0.0694. The maximum Gasteiger partial charge on any atom is 0.414 e. The Kier molecular flexibility index (Phi) is 15.2. The van der Waals surface area contributed by atoms with Crippen molar-refractivity contribution in [1.82, 2.24) is 21.3 Å². The lowest BCUT2D eigenvalue weighted by atomic mass is 9.83. The average molecular weight is 755 g/mol. The number of carbonyl (C=O) groups excluding carboxylic acids is 6. The molecule has 2 heterocycles. The molecule has 1 fully saturated rings. The van der Waals surface area contributed by atoms with Gasteiger partial charge in [-0.25, -0.2) is 29.2 Å². The summed E-state index contributed by atoms with van der Waals surface area (Å²) >= 11 is 0. The number of carbonyl (C=O) groups is 6. The molecule has 19 heteroatoms. The van der Waals surface area contributed by atoms with Gasteiger partial charge in [-0.05, 0) is 83.1 Å². The Hall–Kier alpha value is -4.94. The molecule has 4 amide bonds. The highest BCUT2D eigenvalue weighted by Crippen LogP contribution is 2.40. The maximum absolute atomic E-state index is 13.2. The van der Waals surface area contributed by atoms with Crippen LogP contribution in [0.2, 0.25) is 0 Å². The highest BCUT2D eigenvalue weighted by molar-refractivity contribution is 6.02. The van der Waals surface area contributed by atoms with Crippen molar-refractivity contribution in [3.63, 3.8) is 0 Å². The smallest absolute Gasteiger partial charge is 0.414 e. The van der Waals surface area contributed by atoms with Crippen LogP contribution in [0.15, 0.2) is 22.1 Å². The minimum atomic E-state index is -1.04. The van der Waals surface area contributed by atoms with Crippen molar-refractivity contribution >= 4 is 48.2 Å². The van der Waals surface area contributed by atoms with Crippen LogP contribution in [0.3, 0.4) is 0 Å². The second-order valence-electron chi connectivity index (χ2n) is 15.8. The Morgan fingerprint density at radius 1 is 0.509 bits per heavy atom. The van der Waals surface area contributed by atoms with E-state index in [1.54, 1.807) is 95.2 Å². The number of hydrogen-bond acceptors (Lipinski definition) is 15. The summed E-state index contributed by atoms with van der Waals surface area (Å²) in [6, 6.07) is 0. The Morgan fingerprint density at radius 2 is 0.774 bits per heavy atom. The molecular formula is C34H54N6O13. The van der Waals surface area contributed by atoms with Gasteiger partial charge >= 0.3 is 36.3 Å². The molecule has 0 radical (unpaired) electrons. The number of guanidine groups is 2. The molecule has 4 atom stereocenters. The summed E-state index contributed by atoms with van der Waals surface area (Å²) < 4.78 is 37.4. The molecule has 4 N–H and O–H groups in total. The number of hydrogen-bond donors (Lipinski definition) is 4. The highest BCUT2D eigenvalue weighted by Gasteiger charge is 2.54. The lowest BCUT2D eigenvalue weighted by Crippen LogP contribution is -2.47. The lowest BCUT2D eigenvalue weighted by molar-refractivity contribution is -0.159. The predicted molar refractivity (Wildman–Crippen MR) is 189 cm³/mol. The fourth-order valence-electron chi connectivity index (χ4n) is 4.49. The number of nitrogens with zero attached hydrogens (tertiary/aromatic N) is 2. The summed E-state index contributed by atoms with van der Waals surface area (Å²) in [5.74, 6) is -4.20. The van der Waals surface area contributed by atoms with Crippen molar-refractivity contribution < 1.29 is 61.9 Å². The van der Waals surface area contributed by atoms with E-state index < -0.39 is 82.8 Å². The van der Waals surface area contributed by atoms with Crippen molar-refractivity contribution in [2.24, 2.45) is 21.8 Å². The van der Waals surface area contributed by atoms with Gasteiger partial charge in [0, 0.05) is 0 Å². The molecule has 0 aromatic rings. The Balaban J connectivity index is 2.04. The van der Waals surface area contributed by atoms with Crippen LogP contribution in [0.1, 0.15) is 83.1 Å². The molecule has 298 valence electrons. The zero-order valence-electron chi connectivity index (χ0n) is 32.5. The third-order valence-corrected chi connectivity index (χ3v) is 6.13. The Morgan fingerprint density at radius 3 is 1.02 bits per heavy atom. The van der Waals surface area contributed by atoms with Crippen LogP contribution in [0.25, 0.3) is 0 Å². The minimum Gasteiger partial charge on any atom is -0.463 e. The number of alkyl carbamates (subject to hydrolysis) is 4. The second kappa shape index (κ2) is 18.2. The largest absolute Gasteiger partial charge is 0.463 e. The second-order valence-corrected chi connectivity index (χ2v) is 15.8.